The molecule has 5 heterocycles. The number of hydrogen-bond acceptors (Lipinski definition) is 4. The average Bonchev–Trinajstić information content (AvgIpc) is 3.61. The predicted octanol–water partition coefficient (Wildman–Crippen LogP) is 7.37. The lowest BCUT2D eigenvalue weighted by molar-refractivity contribution is -0.0900. The molecule has 0 aromatic carbocycles. The lowest BCUT2D eigenvalue weighted by atomic mass is 9.62. The first-order chi connectivity index (χ1) is 18.0. The maximum atomic E-state index is 4.57. The van der Waals surface area contributed by atoms with Gasteiger partial charge in [0.15, 0.2) is 5.65 Å². The Kier molecular flexibility index (Phi) is 5.02. The fraction of sp³-hybridized carbons (Fsp3) is 0.613. The Bertz CT molecular complexity index is 1500. The number of hydrogen-bond donors (Lipinski definition) is 1. The Balaban J connectivity index is 1.12. The summed E-state index contributed by atoms with van der Waals surface area (Å²) in [4.78, 5) is 14.4. The van der Waals surface area contributed by atoms with E-state index in [9.17, 15) is 0 Å². The van der Waals surface area contributed by atoms with Crippen LogP contribution < -0.4 is 0 Å². The number of aryl methyl sites for hydroxylation is 2. The molecule has 3 aliphatic carbocycles. The van der Waals surface area contributed by atoms with Gasteiger partial charge in [0.25, 0.3) is 0 Å². The van der Waals surface area contributed by atoms with Gasteiger partial charge in [-0.1, -0.05) is 20.3 Å². The molecule has 4 aromatic rings. The number of aromatic amines is 1. The molecule has 8 rings (SSSR count). The van der Waals surface area contributed by atoms with Gasteiger partial charge in [0.2, 0.25) is 0 Å². The van der Waals surface area contributed by atoms with Crippen LogP contribution in [0, 0.1) is 12.3 Å². The van der Waals surface area contributed by atoms with Crippen LogP contribution in [0.3, 0.4) is 0 Å². The van der Waals surface area contributed by atoms with E-state index < -0.39 is 0 Å². The first kappa shape index (κ1) is 22.8. The molecule has 4 aliphatic rings. The fourth-order valence-electron chi connectivity index (χ4n) is 8.46. The second-order valence-electron chi connectivity index (χ2n) is 13.0. The van der Waals surface area contributed by atoms with Crippen molar-refractivity contribution in [3.63, 3.8) is 0 Å². The summed E-state index contributed by atoms with van der Waals surface area (Å²) in [6.45, 7) is 9.93. The number of fused-ring (bicyclic) bond motifs is 4. The molecule has 0 radical (unpaired) electrons. The van der Waals surface area contributed by atoms with Crippen molar-refractivity contribution in [1.82, 2.24) is 24.5 Å². The molecule has 5 nitrogen and oxygen atoms in total. The highest BCUT2D eigenvalue weighted by Crippen LogP contribution is 2.52. The van der Waals surface area contributed by atoms with E-state index in [1.165, 1.54) is 103 Å². The molecule has 1 saturated heterocycles. The predicted molar refractivity (Wildman–Crippen MR) is 152 cm³/mol. The number of nitrogens with zero attached hydrogens (tertiary/aromatic N) is 4. The molecule has 2 saturated carbocycles. The Morgan fingerprint density at radius 1 is 1.05 bits per heavy atom. The second-order valence-corrected chi connectivity index (χ2v) is 14.1. The first-order valence-electron chi connectivity index (χ1n) is 14.7. The molecule has 3 fully saturated rings. The SMILES string of the molecule is Cc1c(C2CCC(N3CC4(CCC4)C3)CC2)sc2[nH]c(-c3cn4ncnc4c4c3CCC4)c(C(C)C)c12. The van der Waals surface area contributed by atoms with E-state index in [1.54, 1.807) is 16.8 Å². The monoisotopic (exact) mass is 513 g/mol. The van der Waals surface area contributed by atoms with E-state index in [-0.39, 0.29) is 0 Å². The van der Waals surface area contributed by atoms with Gasteiger partial charge in [0.1, 0.15) is 11.2 Å². The van der Waals surface area contributed by atoms with E-state index in [1.807, 2.05) is 4.52 Å². The van der Waals surface area contributed by atoms with E-state index in [0.717, 1.165) is 35.9 Å². The summed E-state index contributed by atoms with van der Waals surface area (Å²) in [5.74, 6) is 1.20. The number of H-pyrrole nitrogens is 1. The summed E-state index contributed by atoms with van der Waals surface area (Å²) in [7, 11) is 0. The number of pyridine rings is 1. The van der Waals surface area contributed by atoms with E-state index >= 15 is 0 Å². The van der Waals surface area contributed by atoms with Gasteiger partial charge >= 0.3 is 0 Å². The zero-order chi connectivity index (χ0) is 24.9. The molecule has 0 amide bonds. The van der Waals surface area contributed by atoms with Crippen molar-refractivity contribution in [3.05, 3.63) is 39.7 Å². The minimum absolute atomic E-state index is 0.467. The van der Waals surface area contributed by atoms with E-state index in [0.29, 0.717) is 5.92 Å². The van der Waals surface area contributed by atoms with Crippen LogP contribution in [0.1, 0.15) is 104 Å². The van der Waals surface area contributed by atoms with Crippen LogP contribution >= 0.6 is 11.3 Å². The molecule has 1 spiro atoms. The summed E-state index contributed by atoms with van der Waals surface area (Å²) >= 11 is 2.05. The smallest absolute Gasteiger partial charge is 0.158 e. The van der Waals surface area contributed by atoms with Crippen molar-refractivity contribution in [3.8, 4) is 11.3 Å². The molecule has 4 aromatic heterocycles. The van der Waals surface area contributed by atoms with Gasteiger partial charge in [-0.3, -0.25) is 4.90 Å². The minimum Gasteiger partial charge on any atom is -0.346 e. The van der Waals surface area contributed by atoms with E-state index in [4.69, 9.17) is 0 Å². The van der Waals surface area contributed by atoms with Crippen molar-refractivity contribution in [2.45, 2.75) is 103 Å². The maximum absolute atomic E-state index is 4.57. The van der Waals surface area contributed by atoms with Crippen LogP contribution in [0.5, 0.6) is 0 Å². The Labute approximate surface area is 223 Å². The topological polar surface area (TPSA) is 49.2 Å². The van der Waals surface area contributed by atoms with Crippen molar-refractivity contribution in [2.24, 2.45) is 5.41 Å². The number of rotatable bonds is 4. The number of nitrogens with one attached hydrogen (secondary N) is 1. The molecule has 194 valence electrons. The molecule has 1 N–H and O–H groups in total. The second kappa shape index (κ2) is 8.16. The first-order valence-corrected chi connectivity index (χ1v) is 15.6. The summed E-state index contributed by atoms with van der Waals surface area (Å²) in [6.07, 6.45) is 17.4. The molecular weight excluding hydrogens is 474 g/mol. The third-order valence-electron chi connectivity index (χ3n) is 10.5. The molecule has 0 atom stereocenters. The van der Waals surface area contributed by atoms with Crippen molar-refractivity contribution in [2.75, 3.05) is 13.1 Å². The largest absolute Gasteiger partial charge is 0.346 e. The molecular formula is C31H39N5S. The van der Waals surface area contributed by atoms with Gasteiger partial charge in [-0.25, -0.2) is 9.50 Å². The molecule has 0 unspecified atom stereocenters. The van der Waals surface area contributed by atoms with Gasteiger partial charge in [-0.05, 0) is 98.7 Å². The van der Waals surface area contributed by atoms with Crippen LogP contribution in [-0.2, 0) is 12.8 Å². The van der Waals surface area contributed by atoms with Crippen molar-refractivity contribution < 1.29 is 0 Å². The molecule has 1 aliphatic heterocycles. The number of aromatic nitrogens is 4. The Hall–Kier alpha value is -2.18. The zero-order valence-electron chi connectivity index (χ0n) is 22.6. The summed E-state index contributed by atoms with van der Waals surface area (Å²) in [5, 5.41) is 6.03. The van der Waals surface area contributed by atoms with Gasteiger partial charge in [0, 0.05) is 46.7 Å². The molecule has 0 bridgehead atoms. The highest BCUT2D eigenvalue weighted by atomic mass is 32.1. The molecule has 6 heteroatoms. The quantitative estimate of drug-likeness (QED) is 0.310. The summed E-state index contributed by atoms with van der Waals surface area (Å²) < 4.78 is 2.00. The maximum Gasteiger partial charge on any atom is 0.158 e. The molecule has 37 heavy (non-hydrogen) atoms. The zero-order valence-corrected chi connectivity index (χ0v) is 23.4. The number of likely N-dealkylation sites (tertiary alicyclic amines) is 1. The normalized spacial score (nSPS) is 25.3. The van der Waals surface area contributed by atoms with Gasteiger partial charge in [-0.2, -0.15) is 5.10 Å². The standard InChI is InChI=1S/C31H39N5S/c1-18(2)25-26-19(3)28(20-8-10-21(11-9-20)35-15-31(16-35)12-5-13-31)37-30(26)34-27(25)24-14-36-29(32-17-33-36)23-7-4-6-22(23)24/h14,17-18,20-21,34H,4-13,15-16H2,1-3H3. The Morgan fingerprint density at radius 2 is 1.84 bits per heavy atom. The summed E-state index contributed by atoms with van der Waals surface area (Å²) in [6, 6.07) is 0.847. The van der Waals surface area contributed by atoms with E-state index in [2.05, 4.69) is 58.3 Å². The van der Waals surface area contributed by atoms with Gasteiger partial charge in [-0.15, -0.1) is 11.3 Å². The van der Waals surface area contributed by atoms with Crippen LogP contribution in [-0.4, -0.2) is 43.6 Å². The lowest BCUT2D eigenvalue weighted by Crippen LogP contribution is -2.62. The average molecular weight is 514 g/mol. The van der Waals surface area contributed by atoms with Crippen molar-refractivity contribution >= 4 is 27.2 Å². The van der Waals surface area contributed by atoms with Gasteiger partial charge in [0.05, 0.1) is 5.69 Å². The van der Waals surface area contributed by atoms with Crippen LogP contribution in [0.2, 0.25) is 0 Å². The number of thiophene rings is 1. The third-order valence-corrected chi connectivity index (χ3v) is 11.9. The third kappa shape index (κ3) is 3.30. The van der Waals surface area contributed by atoms with Crippen LogP contribution in [0.15, 0.2) is 12.5 Å². The van der Waals surface area contributed by atoms with Crippen molar-refractivity contribution in [1.29, 1.82) is 0 Å². The summed E-state index contributed by atoms with van der Waals surface area (Å²) in [5.41, 5.74) is 10.4. The van der Waals surface area contributed by atoms with Gasteiger partial charge < -0.3 is 4.98 Å². The Morgan fingerprint density at radius 3 is 2.57 bits per heavy atom. The highest BCUT2D eigenvalue weighted by Gasteiger charge is 2.49. The fourth-order valence-corrected chi connectivity index (χ4v) is 9.86. The lowest BCUT2D eigenvalue weighted by Gasteiger charge is -2.59. The minimum atomic E-state index is 0.467. The highest BCUT2D eigenvalue weighted by molar-refractivity contribution is 7.19. The van der Waals surface area contributed by atoms with Crippen LogP contribution in [0.25, 0.3) is 27.1 Å². The van der Waals surface area contributed by atoms with Crippen LogP contribution in [0.4, 0.5) is 0 Å².